The molecular weight excluding hydrogens is 271 g/mol. The Kier molecular flexibility index (Phi) is 4.67. The van der Waals surface area contributed by atoms with Gasteiger partial charge >= 0.3 is 6.18 Å². The van der Waals surface area contributed by atoms with E-state index in [-0.39, 0.29) is 12.6 Å². The quantitative estimate of drug-likeness (QED) is 0.823. The number of furan rings is 1. The Balaban J connectivity index is 1.78. The predicted molar refractivity (Wildman–Crippen MR) is 69.5 cm³/mol. The molecule has 1 aromatic heterocycles. The van der Waals surface area contributed by atoms with Crippen LogP contribution in [0.15, 0.2) is 34.7 Å². The van der Waals surface area contributed by atoms with Crippen molar-refractivity contribution in [3.8, 4) is 0 Å². The minimum absolute atomic E-state index is 0.00405. The van der Waals surface area contributed by atoms with Gasteiger partial charge in [-0.3, -0.25) is 0 Å². The normalized spacial score (nSPS) is 13.8. The maximum atomic E-state index is 11.9. The van der Waals surface area contributed by atoms with E-state index in [9.17, 15) is 13.2 Å². The van der Waals surface area contributed by atoms with Gasteiger partial charge in [-0.1, -0.05) is 18.2 Å². The summed E-state index contributed by atoms with van der Waals surface area (Å²) in [6.07, 6.45) is -4.27. The van der Waals surface area contributed by atoms with Gasteiger partial charge < -0.3 is 14.5 Å². The van der Waals surface area contributed by atoms with Crippen LogP contribution >= 0.6 is 0 Å². The number of alkyl halides is 3. The number of ether oxygens (including phenoxy) is 1. The first kappa shape index (κ1) is 14.9. The third-order valence-corrected chi connectivity index (χ3v) is 2.83. The fourth-order valence-electron chi connectivity index (χ4n) is 1.85. The van der Waals surface area contributed by atoms with Crippen LogP contribution in [0.3, 0.4) is 0 Å². The van der Waals surface area contributed by atoms with Crippen molar-refractivity contribution in [1.29, 1.82) is 0 Å². The molecule has 0 saturated carbocycles. The molecule has 1 heterocycles. The summed E-state index contributed by atoms with van der Waals surface area (Å²) in [6.45, 7) is 1.01. The fraction of sp³-hybridized carbons (Fsp3) is 0.429. The monoisotopic (exact) mass is 287 g/mol. The standard InChI is InChI=1S/C14H16F3NO2/c1-10(18-6-7-19-9-14(15,16)17)13-8-11-4-2-3-5-12(11)20-13/h2-5,8,10,18H,6-7,9H2,1H3. The molecule has 20 heavy (non-hydrogen) atoms. The van der Waals surface area contributed by atoms with Gasteiger partial charge in [0.1, 0.15) is 18.0 Å². The molecule has 1 aromatic carbocycles. The summed E-state index contributed by atoms with van der Waals surface area (Å²) in [7, 11) is 0. The lowest BCUT2D eigenvalue weighted by Gasteiger charge is -2.12. The second kappa shape index (κ2) is 6.28. The van der Waals surface area contributed by atoms with E-state index in [2.05, 4.69) is 10.1 Å². The van der Waals surface area contributed by atoms with Crippen molar-refractivity contribution in [3.05, 3.63) is 36.1 Å². The number of fused-ring (bicyclic) bond motifs is 1. The molecule has 0 radical (unpaired) electrons. The van der Waals surface area contributed by atoms with Crippen LogP contribution in [0.2, 0.25) is 0 Å². The van der Waals surface area contributed by atoms with Gasteiger partial charge in [-0.15, -0.1) is 0 Å². The number of nitrogens with one attached hydrogen (secondary N) is 1. The highest BCUT2D eigenvalue weighted by Crippen LogP contribution is 2.23. The zero-order valence-electron chi connectivity index (χ0n) is 11.0. The summed E-state index contributed by atoms with van der Waals surface area (Å²) in [5, 5.41) is 4.06. The third-order valence-electron chi connectivity index (χ3n) is 2.83. The molecule has 0 aliphatic carbocycles. The predicted octanol–water partition coefficient (Wildman–Crippen LogP) is 3.66. The van der Waals surface area contributed by atoms with Crippen molar-refractivity contribution >= 4 is 11.0 Å². The molecule has 0 amide bonds. The first-order valence-corrected chi connectivity index (χ1v) is 6.32. The van der Waals surface area contributed by atoms with Crippen LogP contribution in [-0.2, 0) is 4.74 Å². The molecule has 6 heteroatoms. The van der Waals surface area contributed by atoms with Gasteiger partial charge in [0.15, 0.2) is 0 Å². The fourth-order valence-corrected chi connectivity index (χ4v) is 1.85. The smallest absolute Gasteiger partial charge is 0.411 e. The zero-order chi connectivity index (χ0) is 14.6. The van der Waals surface area contributed by atoms with E-state index in [4.69, 9.17) is 4.42 Å². The van der Waals surface area contributed by atoms with E-state index >= 15 is 0 Å². The number of hydrogen-bond donors (Lipinski definition) is 1. The van der Waals surface area contributed by atoms with Crippen molar-refractivity contribution in [3.63, 3.8) is 0 Å². The van der Waals surface area contributed by atoms with Crippen molar-refractivity contribution in [2.45, 2.75) is 19.1 Å². The Labute approximate surface area is 114 Å². The van der Waals surface area contributed by atoms with E-state index in [0.29, 0.717) is 6.54 Å². The molecule has 110 valence electrons. The summed E-state index contributed by atoms with van der Waals surface area (Å²) in [5.74, 6) is 0.752. The highest BCUT2D eigenvalue weighted by atomic mass is 19.4. The molecule has 0 saturated heterocycles. The van der Waals surface area contributed by atoms with Crippen LogP contribution in [0.4, 0.5) is 13.2 Å². The molecule has 1 atom stereocenters. The summed E-state index contributed by atoms with van der Waals surface area (Å²) < 4.78 is 45.8. The summed E-state index contributed by atoms with van der Waals surface area (Å²) >= 11 is 0. The molecule has 1 unspecified atom stereocenters. The van der Waals surface area contributed by atoms with Gasteiger partial charge in [-0.25, -0.2) is 0 Å². The van der Waals surface area contributed by atoms with E-state index in [1.807, 2.05) is 37.3 Å². The number of hydrogen-bond acceptors (Lipinski definition) is 3. The lowest BCUT2D eigenvalue weighted by atomic mass is 10.2. The van der Waals surface area contributed by atoms with E-state index < -0.39 is 12.8 Å². The lowest BCUT2D eigenvalue weighted by Crippen LogP contribution is -2.25. The van der Waals surface area contributed by atoms with Gasteiger partial charge in [0.25, 0.3) is 0 Å². The van der Waals surface area contributed by atoms with Crippen LogP contribution in [0.5, 0.6) is 0 Å². The van der Waals surface area contributed by atoms with E-state index in [0.717, 1.165) is 16.7 Å². The SMILES string of the molecule is CC(NCCOCC(F)(F)F)c1cc2ccccc2o1. The minimum Gasteiger partial charge on any atom is -0.459 e. The first-order valence-electron chi connectivity index (χ1n) is 6.32. The van der Waals surface area contributed by atoms with Crippen LogP contribution in [0, 0.1) is 0 Å². The molecule has 0 bridgehead atoms. The molecule has 2 aromatic rings. The highest BCUT2D eigenvalue weighted by molar-refractivity contribution is 5.77. The second-order valence-corrected chi connectivity index (χ2v) is 4.53. The summed E-state index contributed by atoms with van der Waals surface area (Å²) in [6, 6.07) is 9.46. The molecule has 3 nitrogen and oxygen atoms in total. The number of halogens is 3. The minimum atomic E-state index is -4.27. The van der Waals surface area contributed by atoms with Crippen LogP contribution in [-0.4, -0.2) is 25.9 Å². The van der Waals surface area contributed by atoms with Crippen LogP contribution < -0.4 is 5.32 Å². The Bertz CT molecular complexity index is 518. The third kappa shape index (κ3) is 4.25. The Morgan fingerprint density at radius 1 is 1.30 bits per heavy atom. The van der Waals surface area contributed by atoms with Gasteiger partial charge in [-0.2, -0.15) is 13.2 Å². The summed E-state index contributed by atoms with van der Waals surface area (Å²) in [4.78, 5) is 0. The molecule has 2 rings (SSSR count). The second-order valence-electron chi connectivity index (χ2n) is 4.53. The van der Waals surface area contributed by atoms with Crippen molar-refractivity contribution in [2.75, 3.05) is 19.8 Å². The number of rotatable bonds is 6. The van der Waals surface area contributed by atoms with E-state index in [1.165, 1.54) is 0 Å². The molecule has 0 aliphatic rings. The zero-order valence-corrected chi connectivity index (χ0v) is 11.0. The molecule has 1 N–H and O–H groups in total. The number of para-hydroxylation sites is 1. The Hall–Kier alpha value is -1.53. The van der Waals surface area contributed by atoms with Gasteiger partial charge in [-0.05, 0) is 19.1 Å². The maximum Gasteiger partial charge on any atom is 0.411 e. The van der Waals surface area contributed by atoms with Crippen molar-refractivity contribution in [1.82, 2.24) is 5.32 Å². The Morgan fingerprint density at radius 3 is 2.75 bits per heavy atom. The molecule has 0 aliphatic heterocycles. The number of benzene rings is 1. The maximum absolute atomic E-state index is 11.9. The van der Waals surface area contributed by atoms with Gasteiger partial charge in [0, 0.05) is 11.9 Å². The van der Waals surface area contributed by atoms with Crippen LogP contribution in [0.1, 0.15) is 18.7 Å². The topological polar surface area (TPSA) is 34.4 Å². The lowest BCUT2D eigenvalue weighted by molar-refractivity contribution is -0.173. The molecular formula is C14H16F3NO2. The van der Waals surface area contributed by atoms with Gasteiger partial charge in [0.2, 0.25) is 0 Å². The average molecular weight is 287 g/mol. The molecule has 0 spiro atoms. The van der Waals surface area contributed by atoms with Crippen molar-refractivity contribution < 1.29 is 22.3 Å². The first-order chi connectivity index (χ1) is 9.46. The van der Waals surface area contributed by atoms with Crippen LogP contribution in [0.25, 0.3) is 11.0 Å². The summed E-state index contributed by atoms with van der Waals surface area (Å²) in [5.41, 5.74) is 0.796. The van der Waals surface area contributed by atoms with Crippen molar-refractivity contribution in [2.24, 2.45) is 0 Å². The van der Waals surface area contributed by atoms with Gasteiger partial charge in [0.05, 0.1) is 12.6 Å². The Morgan fingerprint density at radius 2 is 2.05 bits per heavy atom. The average Bonchev–Trinajstić information content (AvgIpc) is 2.80. The highest BCUT2D eigenvalue weighted by Gasteiger charge is 2.27. The molecule has 0 fully saturated rings. The van der Waals surface area contributed by atoms with E-state index in [1.54, 1.807) is 0 Å². The largest absolute Gasteiger partial charge is 0.459 e.